The number of rotatable bonds is 12. The molecule has 8 atom stereocenters. The Morgan fingerprint density at radius 1 is 0.944 bits per heavy atom. The zero-order valence-corrected chi connectivity index (χ0v) is 36.0. The maximum absolute atomic E-state index is 12.6. The summed E-state index contributed by atoms with van der Waals surface area (Å²) in [4.78, 5) is 31.9. The van der Waals surface area contributed by atoms with Crippen LogP contribution < -0.4 is 0 Å². The van der Waals surface area contributed by atoms with Gasteiger partial charge in [0.05, 0.1) is 5.60 Å². The van der Waals surface area contributed by atoms with Gasteiger partial charge in [-0.1, -0.05) is 132 Å². The minimum atomic E-state index is -4.96. The molecule has 3 N–H and O–H groups in total. The molecule has 5 aliphatic carbocycles. The zero-order chi connectivity index (χ0) is 39.9. The van der Waals surface area contributed by atoms with Crippen LogP contribution in [0.3, 0.4) is 0 Å². The Morgan fingerprint density at radius 3 is 2.33 bits per heavy atom. The van der Waals surface area contributed by atoms with Crippen molar-refractivity contribution in [3.8, 4) is 0 Å². The van der Waals surface area contributed by atoms with Gasteiger partial charge in [0.15, 0.2) is 0 Å². The molecule has 0 aromatic rings. The van der Waals surface area contributed by atoms with E-state index in [9.17, 15) is 24.3 Å². The molecule has 3 fully saturated rings. The molecule has 54 heavy (non-hydrogen) atoms. The quantitative estimate of drug-likeness (QED) is 0.0797. The summed E-state index contributed by atoms with van der Waals surface area (Å²) in [5.74, 6) is 3.55. The highest BCUT2D eigenvalue weighted by atomic mass is 31.2. The maximum atomic E-state index is 12.6. The lowest BCUT2D eigenvalue weighted by Crippen LogP contribution is -2.49. The fourth-order valence-electron chi connectivity index (χ4n) is 11.2. The van der Waals surface area contributed by atoms with Crippen molar-refractivity contribution in [3.63, 3.8) is 0 Å². The molecule has 6 heteroatoms. The maximum Gasteiger partial charge on any atom is 0.395 e. The molecule has 5 nitrogen and oxygen atoms in total. The van der Waals surface area contributed by atoms with E-state index in [-0.39, 0.29) is 17.3 Å². The lowest BCUT2D eigenvalue weighted by atomic mass is 9.49. The normalized spacial score (nSPS) is 34.6. The van der Waals surface area contributed by atoms with Crippen LogP contribution in [-0.4, -0.2) is 26.0 Å². The molecule has 0 aliphatic heterocycles. The highest BCUT2D eigenvalue weighted by Gasteiger charge is 2.57. The molecular weight excluding hydrogens is 687 g/mol. The minimum Gasteiger partial charge on any atom is -0.389 e. The Hall–Kier alpha value is -2.30. The predicted octanol–water partition coefficient (Wildman–Crippen LogP) is 12.3. The van der Waals surface area contributed by atoms with E-state index >= 15 is 0 Å². The molecule has 5 rings (SSSR count). The number of hydrogen-bond donors (Lipinski definition) is 3. The van der Waals surface area contributed by atoms with E-state index in [0.717, 1.165) is 24.5 Å². The van der Waals surface area contributed by atoms with Gasteiger partial charge in [-0.2, -0.15) is 0 Å². The van der Waals surface area contributed by atoms with Crippen LogP contribution in [0.15, 0.2) is 94.2 Å². The summed E-state index contributed by atoms with van der Waals surface area (Å²) in [5.41, 5.74) is 5.24. The number of hydrogen-bond acceptors (Lipinski definition) is 3. The van der Waals surface area contributed by atoms with Crippen LogP contribution in [0, 0.1) is 51.8 Å². The lowest BCUT2D eigenvalue weighted by Gasteiger charge is -2.56. The molecule has 0 radical (unpaired) electrons. The van der Waals surface area contributed by atoms with Gasteiger partial charge in [-0.3, -0.25) is 9.36 Å². The molecule has 0 amide bonds. The minimum absolute atomic E-state index is 0.0255. The molecule has 298 valence electrons. The highest BCUT2D eigenvalue weighted by molar-refractivity contribution is 7.70. The molecule has 0 unspecified atom stereocenters. The zero-order valence-electron chi connectivity index (χ0n) is 35.1. The van der Waals surface area contributed by atoms with Crippen LogP contribution in [-0.2, 0) is 9.36 Å². The van der Waals surface area contributed by atoms with Crippen LogP contribution in [0.25, 0.3) is 0 Å². The topological polar surface area (TPSA) is 94.8 Å². The largest absolute Gasteiger partial charge is 0.395 e. The number of aliphatic hydroxyl groups is 1. The molecule has 0 aromatic carbocycles. The fourth-order valence-corrected chi connectivity index (χ4v) is 11.5. The Bertz CT molecular complexity index is 1740. The number of allylic oxidation sites excluding steroid dienone is 14. The van der Waals surface area contributed by atoms with Gasteiger partial charge in [-0.25, -0.2) is 0 Å². The summed E-state index contributed by atoms with van der Waals surface area (Å²) in [6, 6.07) is 0. The van der Waals surface area contributed by atoms with E-state index in [0.29, 0.717) is 59.3 Å². The molecular formula is C48H71O5P. The third-order valence-corrected chi connectivity index (χ3v) is 15.8. The van der Waals surface area contributed by atoms with Crippen LogP contribution in [0.1, 0.15) is 140 Å². The summed E-state index contributed by atoms with van der Waals surface area (Å²) >= 11 is 0. The molecule has 5 aliphatic rings. The first-order valence-corrected chi connectivity index (χ1v) is 22.6. The summed E-state index contributed by atoms with van der Waals surface area (Å²) in [6.07, 6.45) is 31.0. The van der Waals surface area contributed by atoms with Gasteiger partial charge in [0.2, 0.25) is 0 Å². The van der Waals surface area contributed by atoms with Gasteiger partial charge in [0, 0.05) is 6.42 Å². The van der Waals surface area contributed by atoms with E-state index in [2.05, 4.69) is 98.8 Å². The van der Waals surface area contributed by atoms with Crippen molar-refractivity contribution in [2.75, 3.05) is 0 Å². The molecule has 0 saturated heterocycles. The number of fused-ring (bicyclic) bond motifs is 5. The molecule has 0 spiro atoms. The molecule has 0 bridgehead atoms. The third kappa shape index (κ3) is 9.12. The van der Waals surface area contributed by atoms with Gasteiger partial charge >= 0.3 is 7.60 Å². The van der Waals surface area contributed by atoms with Crippen LogP contribution >= 0.6 is 7.60 Å². The van der Waals surface area contributed by atoms with E-state index in [4.69, 9.17) is 0 Å². The van der Waals surface area contributed by atoms with Crippen molar-refractivity contribution >= 4 is 13.1 Å². The monoisotopic (exact) mass is 759 g/mol. The second kappa shape index (κ2) is 16.3. The highest BCUT2D eigenvalue weighted by Crippen LogP contribution is 2.66. The summed E-state index contributed by atoms with van der Waals surface area (Å²) in [7, 11) is -4.96. The van der Waals surface area contributed by atoms with E-state index < -0.39 is 18.7 Å². The average molecular weight is 759 g/mol. The lowest BCUT2D eigenvalue weighted by molar-refractivity contribution is -0.109. The van der Waals surface area contributed by atoms with Crippen molar-refractivity contribution in [3.05, 3.63) is 94.2 Å². The number of carbonyl (C=O) groups excluding carboxylic acids is 1. The molecule has 0 aromatic heterocycles. The molecule has 3 saturated carbocycles. The predicted molar refractivity (Wildman–Crippen MR) is 225 cm³/mol. The first kappa shape index (κ1) is 42.8. The second-order valence-corrected chi connectivity index (χ2v) is 21.2. The van der Waals surface area contributed by atoms with Crippen molar-refractivity contribution in [1.82, 2.24) is 0 Å². The Morgan fingerprint density at radius 2 is 1.67 bits per heavy atom. The van der Waals surface area contributed by atoms with E-state index in [1.807, 2.05) is 19.1 Å². The Kier molecular flexibility index (Phi) is 12.9. The van der Waals surface area contributed by atoms with Gasteiger partial charge in [0.1, 0.15) is 0 Å². The van der Waals surface area contributed by atoms with Gasteiger partial charge in [-0.05, 0) is 147 Å². The third-order valence-electron chi connectivity index (χ3n) is 15.1. The summed E-state index contributed by atoms with van der Waals surface area (Å²) in [5, 5.41) is 12.1. The SMILES string of the molecule is CC1=C(/C=C/C(C)=C/C=C/C(=C/C(=O)P(=O)(O)O)C[C@]2(O)CC[C@@]3(C)C(=CC=C4[C@@H]5CC[C@H]([C@H](C)/C=C/[C@H](C)C(C)C)[C@@]5(C)CC[C@@H]43)C2)C(C)(C)CCC1. The van der Waals surface area contributed by atoms with Crippen molar-refractivity contribution in [2.24, 2.45) is 51.8 Å². The van der Waals surface area contributed by atoms with E-state index in [1.54, 1.807) is 11.6 Å². The van der Waals surface area contributed by atoms with Crippen LogP contribution in [0.5, 0.6) is 0 Å². The molecule has 0 heterocycles. The van der Waals surface area contributed by atoms with Crippen molar-refractivity contribution < 1.29 is 24.3 Å². The van der Waals surface area contributed by atoms with Crippen molar-refractivity contribution in [2.45, 2.75) is 145 Å². The summed E-state index contributed by atoms with van der Waals surface area (Å²) < 4.78 is 11.9. The van der Waals surface area contributed by atoms with Crippen molar-refractivity contribution in [1.29, 1.82) is 0 Å². The summed E-state index contributed by atoms with van der Waals surface area (Å²) in [6.45, 7) is 23.2. The standard InChI is InChI=1S/C48H71O5P/c1-32(2)34(4)17-18-36(6)41-22-23-42-39-20-19-38-31-48(50,28-27-46(38,9)43(39)24-26-47(41,42)10)30-37(29-44(49)54(51,52)53)15-11-13-33(3)16-21-40-35(5)14-12-25-45(40,7)8/h11,13,15-21,29,32,34,36,41-43,50H,12,14,22-28,30-31H2,1-10H3,(H2,51,52,53)/b15-11+,18-17+,21-16+,33-13+,37-29-/t34-,36+,41+,42-,43-,46-,47+,48+/m0/s1. The first-order chi connectivity index (χ1) is 25.1. The van der Waals surface area contributed by atoms with Gasteiger partial charge in [0.25, 0.3) is 5.52 Å². The number of carbonyl (C=O) groups is 1. The average Bonchev–Trinajstić information content (AvgIpc) is 3.43. The van der Waals surface area contributed by atoms with E-state index in [1.165, 1.54) is 55.2 Å². The Balaban J connectivity index is 1.34. The van der Waals surface area contributed by atoms with Gasteiger partial charge < -0.3 is 14.9 Å². The Labute approximate surface area is 327 Å². The fraction of sp³-hybridized carbons (Fsp3) is 0.646. The first-order valence-electron chi connectivity index (χ1n) is 21.0. The van der Waals surface area contributed by atoms with Crippen LogP contribution in [0.2, 0.25) is 0 Å². The van der Waals surface area contributed by atoms with Crippen LogP contribution in [0.4, 0.5) is 0 Å². The second-order valence-electron chi connectivity index (χ2n) is 19.7. The van der Waals surface area contributed by atoms with Gasteiger partial charge in [-0.15, -0.1) is 0 Å². The smallest absolute Gasteiger partial charge is 0.389 e.